The molecule has 0 bridgehead atoms. The maximum absolute atomic E-state index is 12.0. The van der Waals surface area contributed by atoms with Crippen molar-refractivity contribution in [2.75, 3.05) is 0 Å². The van der Waals surface area contributed by atoms with Gasteiger partial charge in [0.1, 0.15) is 0 Å². The van der Waals surface area contributed by atoms with Gasteiger partial charge in [-0.05, 0) is 53.2 Å². The van der Waals surface area contributed by atoms with Gasteiger partial charge >= 0.3 is 0 Å². The Balaban J connectivity index is 2.06. The van der Waals surface area contributed by atoms with Crippen LogP contribution in [-0.4, -0.2) is 11.9 Å². The van der Waals surface area contributed by atoms with Crippen molar-refractivity contribution in [1.29, 1.82) is 0 Å². The maximum Gasteiger partial charge on any atom is 0.252 e. The highest BCUT2D eigenvalue weighted by Gasteiger charge is 2.27. The number of halogens is 1. The van der Waals surface area contributed by atoms with E-state index in [1.54, 1.807) is 0 Å². The molecule has 0 unspecified atom stereocenters. The van der Waals surface area contributed by atoms with E-state index in [-0.39, 0.29) is 5.91 Å². The summed E-state index contributed by atoms with van der Waals surface area (Å²) in [5, 5.41) is 3.06. The number of amides is 1. The van der Waals surface area contributed by atoms with Gasteiger partial charge in [0.15, 0.2) is 0 Å². The summed E-state index contributed by atoms with van der Waals surface area (Å²) in [5.41, 5.74) is 1.83. The number of rotatable bonds is 2. The molecule has 1 fully saturated rings. The van der Waals surface area contributed by atoms with Crippen molar-refractivity contribution in [3.8, 4) is 0 Å². The van der Waals surface area contributed by atoms with Gasteiger partial charge < -0.3 is 5.32 Å². The first-order chi connectivity index (χ1) is 7.58. The van der Waals surface area contributed by atoms with Crippen molar-refractivity contribution in [2.24, 2.45) is 5.92 Å². The molecule has 16 heavy (non-hydrogen) atoms. The predicted molar refractivity (Wildman–Crippen MR) is 68.5 cm³/mol. The van der Waals surface area contributed by atoms with E-state index in [0.29, 0.717) is 6.04 Å². The Morgan fingerprint density at radius 1 is 1.44 bits per heavy atom. The molecule has 0 saturated heterocycles. The second kappa shape index (κ2) is 4.58. The van der Waals surface area contributed by atoms with Crippen LogP contribution < -0.4 is 5.32 Å². The Kier molecular flexibility index (Phi) is 3.33. The quantitative estimate of drug-likeness (QED) is 0.886. The molecular weight excluding hydrogens is 266 g/mol. The van der Waals surface area contributed by atoms with E-state index in [2.05, 4.69) is 28.2 Å². The molecule has 0 spiro atoms. The zero-order valence-corrected chi connectivity index (χ0v) is 11.2. The van der Waals surface area contributed by atoms with E-state index in [1.807, 2.05) is 25.1 Å². The Labute approximate surface area is 105 Å². The standard InChI is InChI=1S/C13H16BrNO/c1-8-6-10(7-8)15-13(16)11-5-3-4-9(2)12(11)14/h3-5,8,10H,6-7H2,1-2H3,(H,15,16). The van der Waals surface area contributed by atoms with Crippen LogP contribution in [0.25, 0.3) is 0 Å². The molecule has 1 aromatic rings. The third-order valence-electron chi connectivity index (χ3n) is 3.15. The normalized spacial score (nSPS) is 23.7. The summed E-state index contributed by atoms with van der Waals surface area (Å²) in [6.45, 7) is 4.21. The summed E-state index contributed by atoms with van der Waals surface area (Å²) in [7, 11) is 0. The number of hydrogen-bond donors (Lipinski definition) is 1. The van der Waals surface area contributed by atoms with Crippen molar-refractivity contribution in [2.45, 2.75) is 32.7 Å². The first-order valence-electron chi connectivity index (χ1n) is 5.64. The zero-order chi connectivity index (χ0) is 11.7. The molecule has 1 saturated carbocycles. The summed E-state index contributed by atoms with van der Waals surface area (Å²) < 4.78 is 0.903. The van der Waals surface area contributed by atoms with Crippen molar-refractivity contribution in [3.63, 3.8) is 0 Å². The van der Waals surface area contributed by atoms with Gasteiger partial charge in [0, 0.05) is 10.5 Å². The maximum atomic E-state index is 12.0. The molecule has 86 valence electrons. The van der Waals surface area contributed by atoms with Crippen LogP contribution in [0.1, 0.15) is 35.7 Å². The second-order valence-corrected chi connectivity index (χ2v) is 5.48. The largest absolute Gasteiger partial charge is 0.349 e. The first-order valence-corrected chi connectivity index (χ1v) is 6.43. The fraction of sp³-hybridized carbons (Fsp3) is 0.462. The smallest absolute Gasteiger partial charge is 0.252 e. The molecule has 1 aromatic carbocycles. The van der Waals surface area contributed by atoms with E-state index in [4.69, 9.17) is 0 Å². The summed E-state index contributed by atoms with van der Waals surface area (Å²) in [4.78, 5) is 12.0. The van der Waals surface area contributed by atoms with Gasteiger partial charge in [0.05, 0.1) is 5.56 Å². The average Bonchev–Trinajstić information content (AvgIpc) is 2.19. The van der Waals surface area contributed by atoms with Gasteiger partial charge in [-0.25, -0.2) is 0 Å². The van der Waals surface area contributed by atoms with Crippen LogP contribution >= 0.6 is 15.9 Å². The molecular formula is C13H16BrNO. The Morgan fingerprint density at radius 3 is 2.75 bits per heavy atom. The number of hydrogen-bond acceptors (Lipinski definition) is 1. The minimum absolute atomic E-state index is 0.0347. The van der Waals surface area contributed by atoms with Gasteiger partial charge in [0.2, 0.25) is 0 Å². The summed E-state index contributed by atoms with van der Waals surface area (Å²) in [6, 6.07) is 6.13. The summed E-state index contributed by atoms with van der Waals surface area (Å²) in [5.74, 6) is 0.790. The van der Waals surface area contributed by atoms with E-state index in [1.165, 1.54) is 0 Å². The molecule has 0 aromatic heterocycles. The van der Waals surface area contributed by atoms with Gasteiger partial charge in [-0.2, -0.15) is 0 Å². The number of carbonyl (C=O) groups excluding carboxylic acids is 1. The van der Waals surface area contributed by atoms with E-state index >= 15 is 0 Å². The zero-order valence-electron chi connectivity index (χ0n) is 9.59. The number of carbonyl (C=O) groups is 1. The lowest BCUT2D eigenvalue weighted by Gasteiger charge is -2.33. The predicted octanol–water partition coefficient (Wildman–Crippen LogP) is 3.29. The van der Waals surface area contributed by atoms with E-state index in [9.17, 15) is 4.79 Å². The fourth-order valence-electron chi connectivity index (χ4n) is 2.11. The molecule has 2 rings (SSSR count). The Bertz CT molecular complexity index is 410. The molecule has 0 atom stereocenters. The van der Waals surface area contributed by atoms with Crippen LogP contribution in [-0.2, 0) is 0 Å². The molecule has 1 N–H and O–H groups in total. The summed E-state index contributed by atoms with van der Waals surface area (Å²) in [6.07, 6.45) is 2.21. The van der Waals surface area contributed by atoms with E-state index < -0.39 is 0 Å². The molecule has 3 heteroatoms. The first kappa shape index (κ1) is 11.6. The summed E-state index contributed by atoms with van der Waals surface area (Å²) >= 11 is 3.46. The lowest BCUT2D eigenvalue weighted by molar-refractivity contribution is 0.0895. The van der Waals surface area contributed by atoms with Crippen molar-refractivity contribution >= 4 is 21.8 Å². The number of aryl methyl sites for hydroxylation is 1. The molecule has 1 aliphatic carbocycles. The van der Waals surface area contributed by atoms with Crippen molar-refractivity contribution in [3.05, 3.63) is 33.8 Å². The van der Waals surface area contributed by atoms with Crippen LogP contribution in [0.3, 0.4) is 0 Å². The number of benzene rings is 1. The highest BCUT2D eigenvalue weighted by molar-refractivity contribution is 9.10. The fourth-order valence-corrected chi connectivity index (χ4v) is 2.55. The lowest BCUT2D eigenvalue weighted by atomic mass is 9.82. The lowest BCUT2D eigenvalue weighted by Crippen LogP contribution is -2.43. The van der Waals surface area contributed by atoms with Crippen LogP contribution in [0.2, 0.25) is 0 Å². The van der Waals surface area contributed by atoms with Crippen molar-refractivity contribution < 1.29 is 4.79 Å². The van der Waals surface area contributed by atoms with Gasteiger partial charge in [-0.15, -0.1) is 0 Å². The monoisotopic (exact) mass is 281 g/mol. The SMILES string of the molecule is Cc1cccc(C(=O)NC2CC(C)C2)c1Br. The van der Waals surface area contributed by atoms with Crippen LogP contribution in [0.5, 0.6) is 0 Å². The van der Waals surface area contributed by atoms with Crippen molar-refractivity contribution in [1.82, 2.24) is 5.32 Å². The highest BCUT2D eigenvalue weighted by atomic mass is 79.9. The molecule has 2 nitrogen and oxygen atoms in total. The topological polar surface area (TPSA) is 29.1 Å². The van der Waals surface area contributed by atoms with Crippen LogP contribution in [0.4, 0.5) is 0 Å². The minimum Gasteiger partial charge on any atom is -0.349 e. The van der Waals surface area contributed by atoms with Crippen LogP contribution in [0.15, 0.2) is 22.7 Å². The second-order valence-electron chi connectivity index (χ2n) is 4.68. The molecule has 0 heterocycles. The molecule has 0 aliphatic heterocycles. The molecule has 0 radical (unpaired) electrons. The number of nitrogens with one attached hydrogen (secondary N) is 1. The third-order valence-corrected chi connectivity index (χ3v) is 4.20. The highest BCUT2D eigenvalue weighted by Crippen LogP contribution is 2.27. The van der Waals surface area contributed by atoms with Gasteiger partial charge in [-0.3, -0.25) is 4.79 Å². The molecule has 1 amide bonds. The average molecular weight is 282 g/mol. The minimum atomic E-state index is 0.0347. The van der Waals surface area contributed by atoms with Crippen LogP contribution in [0, 0.1) is 12.8 Å². The van der Waals surface area contributed by atoms with Gasteiger partial charge in [0.25, 0.3) is 5.91 Å². The van der Waals surface area contributed by atoms with E-state index in [0.717, 1.165) is 34.4 Å². The molecule has 1 aliphatic rings. The Hall–Kier alpha value is -0.830. The van der Waals surface area contributed by atoms with Gasteiger partial charge in [-0.1, -0.05) is 19.1 Å². The third kappa shape index (κ3) is 2.29. The Morgan fingerprint density at radius 2 is 2.12 bits per heavy atom.